The molecule has 1 atom stereocenters. The first-order valence-electron chi connectivity index (χ1n) is 8.34. The molecule has 1 saturated heterocycles. The van der Waals surface area contributed by atoms with Crippen molar-refractivity contribution in [2.24, 2.45) is 5.92 Å². The van der Waals surface area contributed by atoms with Crippen LogP contribution in [0.5, 0.6) is 0 Å². The average molecular weight is 278 g/mol. The van der Waals surface area contributed by atoms with Crippen molar-refractivity contribution in [2.45, 2.75) is 76.3 Å². The van der Waals surface area contributed by atoms with Crippen LogP contribution in [0.25, 0.3) is 0 Å². The second-order valence-electron chi connectivity index (χ2n) is 6.73. The minimum absolute atomic E-state index is 0.0545. The van der Waals surface area contributed by atoms with E-state index in [-0.39, 0.29) is 23.8 Å². The molecule has 1 unspecified atom stereocenters. The molecular formula is C16H26N2O2. The molecule has 112 valence electrons. The molecule has 2 aliphatic carbocycles. The Labute approximate surface area is 121 Å². The minimum atomic E-state index is 0.0545. The maximum absolute atomic E-state index is 12.2. The summed E-state index contributed by atoms with van der Waals surface area (Å²) < 4.78 is 0. The van der Waals surface area contributed by atoms with Gasteiger partial charge < -0.3 is 10.2 Å². The first-order valence-corrected chi connectivity index (χ1v) is 8.34. The summed E-state index contributed by atoms with van der Waals surface area (Å²) in [6.45, 7) is 0.738. The molecule has 3 fully saturated rings. The Morgan fingerprint density at radius 2 is 1.70 bits per heavy atom. The van der Waals surface area contributed by atoms with Crippen LogP contribution in [0.2, 0.25) is 0 Å². The van der Waals surface area contributed by atoms with Gasteiger partial charge >= 0.3 is 0 Å². The van der Waals surface area contributed by atoms with Gasteiger partial charge in [-0.25, -0.2) is 0 Å². The summed E-state index contributed by atoms with van der Waals surface area (Å²) in [6, 6.07) is 0.481. The number of rotatable bonds is 3. The minimum Gasteiger partial charge on any atom is -0.351 e. The molecule has 1 N–H and O–H groups in total. The predicted molar refractivity (Wildman–Crippen MR) is 77.1 cm³/mol. The number of carbonyl (C=O) groups is 2. The van der Waals surface area contributed by atoms with Gasteiger partial charge in [-0.1, -0.05) is 32.1 Å². The van der Waals surface area contributed by atoms with Gasteiger partial charge in [0.1, 0.15) is 0 Å². The highest BCUT2D eigenvalue weighted by molar-refractivity contribution is 5.83. The maximum atomic E-state index is 12.2. The van der Waals surface area contributed by atoms with Gasteiger partial charge in [-0.15, -0.1) is 0 Å². The fourth-order valence-corrected chi connectivity index (χ4v) is 3.74. The molecule has 20 heavy (non-hydrogen) atoms. The number of hydrogen-bond acceptors (Lipinski definition) is 2. The number of nitrogens with one attached hydrogen (secondary N) is 1. The van der Waals surface area contributed by atoms with E-state index in [4.69, 9.17) is 0 Å². The van der Waals surface area contributed by atoms with Crippen LogP contribution in [0.3, 0.4) is 0 Å². The first kappa shape index (κ1) is 13.9. The standard InChI is InChI=1S/C16H26N2O2/c19-15-10-13(17-16(20)12-6-5-7-12)11-18(15)14-8-3-1-2-4-9-14/h12-14H,1-11H2,(H,17,20). The third kappa shape index (κ3) is 2.99. The van der Waals surface area contributed by atoms with Crippen LogP contribution in [0, 0.1) is 5.92 Å². The zero-order valence-corrected chi connectivity index (χ0v) is 12.3. The molecule has 0 aromatic rings. The van der Waals surface area contributed by atoms with Crippen molar-refractivity contribution >= 4 is 11.8 Å². The van der Waals surface area contributed by atoms with Gasteiger partial charge in [0.15, 0.2) is 0 Å². The van der Waals surface area contributed by atoms with E-state index in [1.807, 2.05) is 0 Å². The fraction of sp³-hybridized carbons (Fsp3) is 0.875. The van der Waals surface area contributed by atoms with Crippen molar-refractivity contribution in [3.05, 3.63) is 0 Å². The third-order valence-corrected chi connectivity index (χ3v) is 5.25. The average Bonchev–Trinajstić information content (AvgIpc) is 2.58. The lowest BCUT2D eigenvalue weighted by Crippen LogP contribution is -2.43. The Morgan fingerprint density at radius 3 is 2.30 bits per heavy atom. The van der Waals surface area contributed by atoms with Gasteiger partial charge in [0.2, 0.25) is 11.8 Å². The summed E-state index contributed by atoms with van der Waals surface area (Å²) in [5.74, 6) is 0.643. The third-order valence-electron chi connectivity index (χ3n) is 5.25. The van der Waals surface area contributed by atoms with Crippen molar-refractivity contribution in [1.29, 1.82) is 0 Å². The molecule has 0 aromatic heterocycles. The highest BCUT2D eigenvalue weighted by Crippen LogP contribution is 2.28. The molecule has 1 heterocycles. The normalized spacial score (nSPS) is 29.1. The van der Waals surface area contributed by atoms with Gasteiger partial charge in [0.25, 0.3) is 0 Å². The van der Waals surface area contributed by atoms with Crippen LogP contribution in [0.1, 0.15) is 64.2 Å². The van der Waals surface area contributed by atoms with E-state index in [2.05, 4.69) is 10.2 Å². The molecule has 3 aliphatic rings. The summed E-state index contributed by atoms with van der Waals surface area (Å²) in [6.07, 6.45) is 11.1. The Kier molecular flexibility index (Phi) is 4.27. The zero-order chi connectivity index (χ0) is 13.9. The number of amides is 2. The Morgan fingerprint density at radius 1 is 1.00 bits per heavy atom. The lowest BCUT2D eigenvalue weighted by molar-refractivity contribution is -0.129. The van der Waals surface area contributed by atoms with Crippen LogP contribution in [0.4, 0.5) is 0 Å². The molecular weight excluding hydrogens is 252 g/mol. The van der Waals surface area contributed by atoms with E-state index >= 15 is 0 Å². The van der Waals surface area contributed by atoms with E-state index in [0.29, 0.717) is 12.5 Å². The lowest BCUT2D eigenvalue weighted by atomic mass is 9.84. The summed E-state index contributed by atoms with van der Waals surface area (Å²) in [7, 11) is 0. The molecule has 3 rings (SSSR count). The summed E-state index contributed by atoms with van der Waals surface area (Å²) in [5.41, 5.74) is 0. The van der Waals surface area contributed by atoms with Crippen molar-refractivity contribution < 1.29 is 9.59 Å². The SMILES string of the molecule is O=C(NC1CC(=O)N(C2CCCCCC2)C1)C1CCC1. The quantitative estimate of drug-likeness (QED) is 0.805. The summed E-state index contributed by atoms with van der Waals surface area (Å²) >= 11 is 0. The molecule has 0 aromatic carbocycles. The second kappa shape index (κ2) is 6.15. The van der Waals surface area contributed by atoms with Crippen molar-refractivity contribution in [1.82, 2.24) is 10.2 Å². The van der Waals surface area contributed by atoms with E-state index in [1.165, 1.54) is 32.1 Å². The largest absolute Gasteiger partial charge is 0.351 e. The van der Waals surface area contributed by atoms with Gasteiger partial charge in [-0.2, -0.15) is 0 Å². The number of likely N-dealkylation sites (tertiary alicyclic amines) is 1. The van der Waals surface area contributed by atoms with E-state index < -0.39 is 0 Å². The molecule has 4 nitrogen and oxygen atoms in total. The maximum Gasteiger partial charge on any atom is 0.225 e. The fourth-order valence-electron chi connectivity index (χ4n) is 3.74. The van der Waals surface area contributed by atoms with Gasteiger partial charge in [0.05, 0.1) is 6.04 Å². The molecule has 4 heteroatoms. The smallest absolute Gasteiger partial charge is 0.225 e. The van der Waals surface area contributed by atoms with Crippen molar-refractivity contribution in [3.63, 3.8) is 0 Å². The predicted octanol–water partition coefficient (Wildman–Crippen LogP) is 2.23. The zero-order valence-electron chi connectivity index (χ0n) is 12.3. The topological polar surface area (TPSA) is 49.4 Å². The van der Waals surface area contributed by atoms with Crippen LogP contribution in [-0.4, -0.2) is 35.3 Å². The molecule has 2 amide bonds. The summed E-state index contributed by atoms with van der Waals surface area (Å²) in [5, 5.41) is 3.09. The highest BCUT2D eigenvalue weighted by Gasteiger charge is 2.36. The van der Waals surface area contributed by atoms with E-state index in [0.717, 1.165) is 32.2 Å². The molecule has 0 bridgehead atoms. The first-order chi connectivity index (χ1) is 9.74. The molecule has 0 radical (unpaired) electrons. The van der Waals surface area contributed by atoms with Crippen molar-refractivity contribution in [3.8, 4) is 0 Å². The Bertz CT molecular complexity index is 371. The van der Waals surface area contributed by atoms with Crippen LogP contribution < -0.4 is 5.32 Å². The van der Waals surface area contributed by atoms with Gasteiger partial charge in [-0.3, -0.25) is 9.59 Å². The number of carbonyl (C=O) groups excluding carboxylic acids is 2. The Hall–Kier alpha value is -1.06. The molecule has 1 aliphatic heterocycles. The van der Waals surface area contributed by atoms with Crippen molar-refractivity contribution in [2.75, 3.05) is 6.54 Å². The second-order valence-corrected chi connectivity index (χ2v) is 6.73. The Balaban J connectivity index is 1.52. The van der Waals surface area contributed by atoms with E-state index in [1.54, 1.807) is 0 Å². The summed E-state index contributed by atoms with van der Waals surface area (Å²) in [4.78, 5) is 26.2. The van der Waals surface area contributed by atoms with E-state index in [9.17, 15) is 9.59 Å². The lowest BCUT2D eigenvalue weighted by Gasteiger charge is -2.28. The van der Waals surface area contributed by atoms with Gasteiger partial charge in [-0.05, 0) is 25.7 Å². The number of hydrogen-bond donors (Lipinski definition) is 1. The monoisotopic (exact) mass is 278 g/mol. The van der Waals surface area contributed by atoms with Gasteiger partial charge in [0, 0.05) is 24.9 Å². The highest BCUT2D eigenvalue weighted by atomic mass is 16.2. The number of nitrogens with zero attached hydrogens (tertiary/aromatic N) is 1. The molecule has 2 saturated carbocycles. The van der Waals surface area contributed by atoms with Crippen LogP contribution in [0.15, 0.2) is 0 Å². The van der Waals surface area contributed by atoms with Crippen LogP contribution in [-0.2, 0) is 9.59 Å². The van der Waals surface area contributed by atoms with Crippen LogP contribution >= 0.6 is 0 Å². The molecule has 0 spiro atoms.